The summed E-state index contributed by atoms with van der Waals surface area (Å²) >= 11 is 0. The smallest absolute Gasteiger partial charge is 0.328 e. The summed E-state index contributed by atoms with van der Waals surface area (Å²) < 4.78 is 6.71. The molecule has 1 atom stereocenters. The van der Waals surface area contributed by atoms with Gasteiger partial charge in [0.25, 0.3) is 5.91 Å². The number of nitrogens with one attached hydrogen (secondary N) is 1. The average Bonchev–Trinajstić information content (AvgIpc) is 2.99. The number of benzene rings is 1. The number of carbonyl (C=O) groups excluding carboxylic acids is 2. The fourth-order valence-electron chi connectivity index (χ4n) is 3.01. The first-order valence-electron chi connectivity index (χ1n) is 8.41. The maximum Gasteiger partial charge on any atom is 0.328 e. The molecule has 1 heterocycles. The lowest BCUT2D eigenvalue weighted by Crippen LogP contribution is -2.43. The molecule has 1 unspecified atom stereocenters. The molecule has 1 aromatic carbocycles. The summed E-state index contributed by atoms with van der Waals surface area (Å²) in [5, 5.41) is 10.9. The van der Waals surface area contributed by atoms with Crippen LogP contribution < -0.4 is 5.32 Å². The number of amides is 1. The van der Waals surface area contributed by atoms with E-state index in [1.807, 2.05) is 24.3 Å². The van der Waals surface area contributed by atoms with Crippen molar-refractivity contribution in [1.82, 2.24) is 20.3 Å². The lowest BCUT2D eigenvalue weighted by atomic mass is 9.95. The molecule has 1 amide bonds. The van der Waals surface area contributed by atoms with Crippen LogP contribution in [0.4, 0.5) is 0 Å². The zero-order chi connectivity index (χ0) is 16.9. The molecular formula is C17H22N4O3. The van der Waals surface area contributed by atoms with Gasteiger partial charge in [0.2, 0.25) is 0 Å². The van der Waals surface area contributed by atoms with Crippen molar-refractivity contribution in [3.8, 4) is 0 Å². The van der Waals surface area contributed by atoms with E-state index < -0.39 is 12.1 Å². The summed E-state index contributed by atoms with van der Waals surface area (Å²) in [6.07, 6.45) is 4.68. The van der Waals surface area contributed by atoms with Crippen LogP contribution in [0.15, 0.2) is 24.3 Å². The Labute approximate surface area is 140 Å². The van der Waals surface area contributed by atoms with Crippen LogP contribution >= 0.6 is 0 Å². The van der Waals surface area contributed by atoms with Crippen molar-refractivity contribution in [3.63, 3.8) is 0 Å². The SMILES string of the molecule is CC(OC(=O)Cn1nnc2ccccc21)C(=O)NC1CCCCC1. The van der Waals surface area contributed by atoms with E-state index in [2.05, 4.69) is 15.6 Å². The second-order valence-electron chi connectivity index (χ2n) is 6.21. The lowest BCUT2D eigenvalue weighted by Gasteiger charge is -2.24. The highest BCUT2D eigenvalue weighted by Crippen LogP contribution is 2.17. The van der Waals surface area contributed by atoms with Gasteiger partial charge in [-0.1, -0.05) is 36.6 Å². The molecule has 128 valence electrons. The third-order valence-electron chi connectivity index (χ3n) is 4.33. The van der Waals surface area contributed by atoms with Gasteiger partial charge in [-0.15, -0.1) is 5.10 Å². The molecule has 24 heavy (non-hydrogen) atoms. The van der Waals surface area contributed by atoms with Crippen molar-refractivity contribution >= 4 is 22.9 Å². The highest BCUT2D eigenvalue weighted by atomic mass is 16.5. The summed E-state index contributed by atoms with van der Waals surface area (Å²) in [6.45, 7) is 1.52. The fourth-order valence-corrected chi connectivity index (χ4v) is 3.01. The first-order chi connectivity index (χ1) is 11.6. The standard InChI is InChI=1S/C17H22N4O3/c1-12(17(23)18-13-7-3-2-4-8-13)24-16(22)11-21-15-10-6-5-9-14(15)19-20-21/h5-6,9-10,12-13H,2-4,7-8,11H2,1H3,(H,18,23). The van der Waals surface area contributed by atoms with E-state index in [9.17, 15) is 9.59 Å². The summed E-state index contributed by atoms with van der Waals surface area (Å²) in [5.74, 6) is -0.740. The Kier molecular flexibility index (Phi) is 5.08. The zero-order valence-corrected chi connectivity index (χ0v) is 13.8. The molecule has 1 aromatic heterocycles. The maximum absolute atomic E-state index is 12.1. The van der Waals surface area contributed by atoms with Crippen molar-refractivity contribution in [2.75, 3.05) is 0 Å². The van der Waals surface area contributed by atoms with Crippen molar-refractivity contribution in [2.24, 2.45) is 0 Å². The predicted molar refractivity (Wildman–Crippen MR) is 88.1 cm³/mol. The van der Waals surface area contributed by atoms with Gasteiger partial charge in [-0.2, -0.15) is 0 Å². The number of hydrogen-bond donors (Lipinski definition) is 1. The number of ether oxygens (including phenoxy) is 1. The van der Waals surface area contributed by atoms with Crippen molar-refractivity contribution < 1.29 is 14.3 Å². The van der Waals surface area contributed by atoms with Crippen LogP contribution in [-0.4, -0.2) is 39.0 Å². The molecule has 7 heteroatoms. The minimum absolute atomic E-state index is 0.0679. The molecule has 1 aliphatic carbocycles. The van der Waals surface area contributed by atoms with E-state index in [0.717, 1.165) is 31.2 Å². The first-order valence-corrected chi connectivity index (χ1v) is 8.41. The second-order valence-corrected chi connectivity index (χ2v) is 6.21. The molecule has 2 aromatic rings. The number of nitrogens with zero attached hydrogens (tertiary/aromatic N) is 3. The monoisotopic (exact) mass is 330 g/mol. The molecular weight excluding hydrogens is 308 g/mol. The van der Waals surface area contributed by atoms with Gasteiger partial charge >= 0.3 is 5.97 Å². The molecule has 7 nitrogen and oxygen atoms in total. The second kappa shape index (κ2) is 7.42. The predicted octanol–water partition coefficient (Wildman–Crippen LogP) is 1.81. The summed E-state index contributed by atoms with van der Waals surface area (Å²) in [4.78, 5) is 24.2. The number of rotatable bonds is 5. The van der Waals surface area contributed by atoms with Crippen LogP contribution in [-0.2, 0) is 20.9 Å². The van der Waals surface area contributed by atoms with Gasteiger partial charge < -0.3 is 10.1 Å². The summed E-state index contributed by atoms with van der Waals surface area (Å²) in [5.41, 5.74) is 1.47. The molecule has 0 radical (unpaired) electrons. The van der Waals surface area contributed by atoms with Gasteiger partial charge in [0.1, 0.15) is 12.1 Å². The van der Waals surface area contributed by atoms with E-state index in [0.29, 0.717) is 5.52 Å². The van der Waals surface area contributed by atoms with E-state index in [1.54, 1.807) is 6.92 Å². The number of esters is 1. The van der Waals surface area contributed by atoms with Gasteiger partial charge in [-0.25, -0.2) is 4.68 Å². The van der Waals surface area contributed by atoms with Crippen LogP contribution in [0.3, 0.4) is 0 Å². The Balaban J connectivity index is 1.53. The molecule has 3 rings (SSSR count). The van der Waals surface area contributed by atoms with E-state index in [-0.39, 0.29) is 18.5 Å². The normalized spacial score (nSPS) is 16.7. The third-order valence-corrected chi connectivity index (χ3v) is 4.33. The molecule has 0 bridgehead atoms. The van der Waals surface area contributed by atoms with Crippen LogP contribution in [0.1, 0.15) is 39.0 Å². The molecule has 0 spiro atoms. The molecule has 1 aliphatic rings. The molecule has 0 saturated heterocycles. The first kappa shape index (κ1) is 16.4. The molecule has 0 aliphatic heterocycles. The quantitative estimate of drug-likeness (QED) is 0.845. The fraction of sp³-hybridized carbons (Fsp3) is 0.529. The Bertz CT molecular complexity index is 721. The van der Waals surface area contributed by atoms with Crippen molar-refractivity contribution in [3.05, 3.63) is 24.3 Å². The topological polar surface area (TPSA) is 86.1 Å². The van der Waals surface area contributed by atoms with E-state index in [4.69, 9.17) is 4.74 Å². The number of hydrogen-bond acceptors (Lipinski definition) is 5. The minimum atomic E-state index is -0.811. The Morgan fingerprint density at radius 1 is 1.29 bits per heavy atom. The highest BCUT2D eigenvalue weighted by Gasteiger charge is 2.22. The minimum Gasteiger partial charge on any atom is -0.451 e. The number of aromatic nitrogens is 3. The average molecular weight is 330 g/mol. The third kappa shape index (κ3) is 3.90. The molecule has 1 N–H and O–H groups in total. The molecule has 1 saturated carbocycles. The largest absolute Gasteiger partial charge is 0.451 e. The number of para-hydroxylation sites is 1. The van der Waals surface area contributed by atoms with E-state index in [1.165, 1.54) is 11.1 Å². The summed E-state index contributed by atoms with van der Waals surface area (Å²) in [6, 6.07) is 7.57. The van der Waals surface area contributed by atoms with Crippen molar-refractivity contribution in [1.29, 1.82) is 0 Å². The van der Waals surface area contributed by atoms with Gasteiger partial charge in [0, 0.05) is 6.04 Å². The highest BCUT2D eigenvalue weighted by molar-refractivity contribution is 5.84. The van der Waals surface area contributed by atoms with Crippen LogP contribution in [0, 0.1) is 0 Å². The van der Waals surface area contributed by atoms with Crippen LogP contribution in [0.2, 0.25) is 0 Å². The van der Waals surface area contributed by atoms with Crippen LogP contribution in [0.5, 0.6) is 0 Å². The van der Waals surface area contributed by atoms with Gasteiger partial charge in [-0.05, 0) is 31.9 Å². The van der Waals surface area contributed by atoms with Gasteiger partial charge in [-0.3, -0.25) is 9.59 Å². The maximum atomic E-state index is 12.1. The lowest BCUT2D eigenvalue weighted by molar-refractivity contribution is -0.155. The Morgan fingerprint density at radius 3 is 2.83 bits per heavy atom. The Morgan fingerprint density at radius 2 is 2.04 bits per heavy atom. The van der Waals surface area contributed by atoms with E-state index >= 15 is 0 Å². The summed E-state index contributed by atoms with van der Waals surface area (Å²) in [7, 11) is 0. The van der Waals surface area contributed by atoms with Gasteiger partial charge in [0.05, 0.1) is 5.52 Å². The van der Waals surface area contributed by atoms with Crippen LogP contribution in [0.25, 0.3) is 11.0 Å². The number of fused-ring (bicyclic) bond motifs is 1. The van der Waals surface area contributed by atoms with Gasteiger partial charge in [0.15, 0.2) is 6.10 Å². The zero-order valence-electron chi connectivity index (χ0n) is 13.8. The molecule has 1 fully saturated rings. The Hall–Kier alpha value is -2.44. The number of carbonyl (C=O) groups is 2. The van der Waals surface area contributed by atoms with Crippen molar-refractivity contribution in [2.45, 2.75) is 57.7 Å².